The smallest absolute Gasteiger partial charge is 0.319 e. The Morgan fingerprint density at radius 1 is 1.43 bits per heavy atom. The van der Waals surface area contributed by atoms with Gasteiger partial charge in [0.2, 0.25) is 0 Å². The number of aromatic amines is 1. The first-order valence-corrected chi connectivity index (χ1v) is 9.38. The maximum Gasteiger partial charge on any atom is 0.319 e. The van der Waals surface area contributed by atoms with Crippen molar-refractivity contribution in [3.8, 4) is 11.3 Å². The van der Waals surface area contributed by atoms with Crippen molar-refractivity contribution in [2.45, 2.75) is 32.4 Å². The molecule has 0 fully saturated rings. The standard InChI is InChI=1S/C20H24N6O2/c1-13(10-18-21-7-8-26(18)2)22-20(27)23-15-5-3-4-14(11-15)19-16-12-28-9-6-17(16)24-25-19/h3-5,7-8,11,13H,6,9-10,12H2,1-2H3,(H,24,25)(H2,22,23,27). The van der Waals surface area contributed by atoms with E-state index in [0.717, 1.165) is 34.8 Å². The minimum absolute atomic E-state index is 0.0419. The molecule has 146 valence electrons. The Bertz CT molecular complexity index is 977. The van der Waals surface area contributed by atoms with Gasteiger partial charge in [0.15, 0.2) is 0 Å². The molecule has 3 aromatic rings. The van der Waals surface area contributed by atoms with Gasteiger partial charge in [0.05, 0.1) is 18.9 Å². The van der Waals surface area contributed by atoms with E-state index in [1.807, 2.05) is 49.0 Å². The van der Waals surface area contributed by atoms with E-state index in [-0.39, 0.29) is 12.1 Å². The highest BCUT2D eigenvalue weighted by atomic mass is 16.5. The first kappa shape index (κ1) is 18.2. The van der Waals surface area contributed by atoms with Gasteiger partial charge in [-0.25, -0.2) is 9.78 Å². The van der Waals surface area contributed by atoms with Gasteiger partial charge in [0, 0.05) is 60.8 Å². The monoisotopic (exact) mass is 380 g/mol. The van der Waals surface area contributed by atoms with Crippen LogP contribution in [0.3, 0.4) is 0 Å². The summed E-state index contributed by atoms with van der Waals surface area (Å²) < 4.78 is 7.51. The van der Waals surface area contributed by atoms with Crippen molar-refractivity contribution in [3.63, 3.8) is 0 Å². The van der Waals surface area contributed by atoms with Crippen molar-refractivity contribution in [1.29, 1.82) is 0 Å². The number of hydrogen-bond donors (Lipinski definition) is 3. The lowest BCUT2D eigenvalue weighted by atomic mass is 10.0. The summed E-state index contributed by atoms with van der Waals surface area (Å²) in [4.78, 5) is 16.7. The Morgan fingerprint density at radius 2 is 2.32 bits per heavy atom. The van der Waals surface area contributed by atoms with Crippen LogP contribution >= 0.6 is 0 Å². The fourth-order valence-electron chi connectivity index (χ4n) is 3.40. The van der Waals surface area contributed by atoms with Gasteiger partial charge in [-0.3, -0.25) is 5.10 Å². The predicted molar refractivity (Wildman–Crippen MR) is 106 cm³/mol. The molecular formula is C20H24N6O2. The molecule has 0 radical (unpaired) electrons. The molecule has 1 atom stereocenters. The van der Waals surface area contributed by atoms with Crippen molar-refractivity contribution in [2.75, 3.05) is 11.9 Å². The summed E-state index contributed by atoms with van der Waals surface area (Å²) >= 11 is 0. The number of benzene rings is 1. The highest BCUT2D eigenvalue weighted by Gasteiger charge is 2.19. The number of imidazole rings is 1. The molecule has 1 aromatic carbocycles. The first-order valence-electron chi connectivity index (χ1n) is 9.38. The third kappa shape index (κ3) is 3.91. The molecule has 28 heavy (non-hydrogen) atoms. The van der Waals surface area contributed by atoms with Crippen LogP contribution in [0.2, 0.25) is 0 Å². The van der Waals surface area contributed by atoms with Crippen molar-refractivity contribution < 1.29 is 9.53 Å². The molecule has 1 aliphatic heterocycles. The van der Waals surface area contributed by atoms with Crippen LogP contribution in [0.4, 0.5) is 10.5 Å². The molecule has 0 aliphatic carbocycles. The highest BCUT2D eigenvalue weighted by Crippen LogP contribution is 2.28. The fraction of sp³-hybridized carbons (Fsp3) is 0.350. The number of fused-ring (bicyclic) bond motifs is 1. The molecule has 0 saturated heterocycles. The Morgan fingerprint density at radius 3 is 3.14 bits per heavy atom. The number of carbonyl (C=O) groups excluding carboxylic acids is 1. The number of H-pyrrole nitrogens is 1. The Balaban J connectivity index is 1.41. The summed E-state index contributed by atoms with van der Waals surface area (Å²) in [5.74, 6) is 0.931. The van der Waals surface area contributed by atoms with Crippen LogP contribution < -0.4 is 10.6 Å². The molecule has 0 saturated carbocycles. The van der Waals surface area contributed by atoms with Crippen LogP contribution in [0.5, 0.6) is 0 Å². The molecule has 4 rings (SSSR count). The molecule has 2 amide bonds. The minimum atomic E-state index is -0.244. The molecule has 2 aromatic heterocycles. The van der Waals surface area contributed by atoms with Crippen molar-refractivity contribution in [3.05, 3.63) is 53.7 Å². The lowest BCUT2D eigenvalue weighted by Crippen LogP contribution is -2.37. The highest BCUT2D eigenvalue weighted by molar-refractivity contribution is 5.90. The second-order valence-electron chi connectivity index (χ2n) is 7.07. The van der Waals surface area contributed by atoms with E-state index in [1.54, 1.807) is 6.20 Å². The van der Waals surface area contributed by atoms with E-state index in [9.17, 15) is 4.79 Å². The van der Waals surface area contributed by atoms with Gasteiger partial charge in [-0.1, -0.05) is 12.1 Å². The first-order chi connectivity index (χ1) is 13.6. The van der Waals surface area contributed by atoms with Crippen LogP contribution in [0, 0.1) is 0 Å². The molecule has 1 unspecified atom stereocenters. The quantitative estimate of drug-likeness (QED) is 0.634. The normalized spacial score (nSPS) is 14.4. The molecule has 8 nitrogen and oxygen atoms in total. The zero-order chi connectivity index (χ0) is 19.5. The average molecular weight is 380 g/mol. The molecule has 3 heterocycles. The number of nitrogens with zero attached hydrogens (tertiary/aromatic N) is 3. The summed E-state index contributed by atoms with van der Waals surface area (Å²) in [7, 11) is 1.94. The SMILES string of the molecule is CC(Cc1nccn1C)NC(=O)Nc1cccc(-c2n[nH]c3c2COCC3)c1. The molecule has 0 bridgehead atoms. The lowest BCUT2D eigenvalue weighted by Gasteiger charge is -2.15. The lowest BCUT2D eigenvalue weighted by molar-refractivity contribution is 0.110. The molecule has 1 aliphatic rings. The van der Waals surface area contributed by atoms with Crippen LogP contribution in [-0.4, -0.2) is 38.4 Å². The Labute approximate surface area is 163 Å². The number of rotatable bonds is 5. The van der Waals surface area contributed by atoms with Crippen molar-refractivity contribution in [1.82, 2.24) is 25.1 Å². The zero-order valence-electron chi connectivity index (χ0n) is 16.0. The van der Waals surface area contributed by atoms with E-state index in [1.165, 1.54) is 0 Å². The summed E-state index contributed by atoms with van der Waals surface area (Å²) in [6.45, 7) is 3.23. The van der Waals surface area contributed by atoms with E-state index in [0.29, 0.717) is 25.3 Å². The molecule has 3 N–H and O–H groups in total. The van der Waals surface area contributed by atoms with Crippen LogP contribution in [0.1, 0.15) is 24.0 Å². The van der Waals surface area contributed by atoms with Crippen LogP contribution in [0.15, 0.2) is 36.7 Å². The number of urea groups is 1. The third-order valence-electron chi connectivity index (χ3n) is 4.88. The van der Waals surface area contributed by atoms with Crippen LogP contribution in [-0.2, 0) is 31.2 Å². The van der Waals surface area contributed by atoms with Gasteiger partial charge in [0.25, 0.3) is 0 Å². The van der Waals surface area contributed by atoms with Gasteiger partial charge in [-0.05, 0) is 19.1 Å². The van der Waals surface area contributed by atoms with Crippen molar-refractivity contribution >= 4 is 11.7 Å². The molecule has 0 spiro atoms. The fourth-order valence-corrected chi connectivity index (χ4v) is 3.40. The average Bonchev–Trinajstić information content (AvgIpc) is 3.28. The van der Waals surface area contributed by atoms with E-state index in [2.05, 4.69) is 25.8 Å². The van der Waals surface area contributed by atoms with Gasteiger partial charge in [-0.2, -0.15) is 5.10 Å². The number of amides is 2. The zero-order valence-corrected chi connectivity index (χ0v) is 16.0. The second-order valence-corrected chi connectivity index (χ2v) is 7.07. The molecule has 8 heteroatoms. The number of hydrogen-bond acceptors (Lipinski definition) is 4. The number of aryl methyl sites for hydroxylation is 1. The van der Waals surface area contributed by atoms with Crippen LogP contribution in [0.25, 0.3) is 11.3 Å². The predicted octanol–water partition coefficient (Wildman–Crippen LogP) is 2.64. The number of anilines is 1. The summed E-state index contributed by atoms with van der Waals surface area (Å²) in [5, 5.41) is 13.4. The summed E-state index contributed by atoms with van der Waals surface area (Å²) in [6.07, 6.45) is 5.16. The van der Waals surface area contributed by atoms with Gasteiger partial charge >= 0.3 is 6.03 Å². The topological polar surface area (TPSA) is 96.9 Å². The van der Waals surface area contributed by atoms with E-state index in [4.69, 9.17) is 4.74 Å². The summed E-state index contributed by atoms with van der Waals surface area (Å²) in [6, 6.07) is 7.40. The number of ether oxygens (including phenoxy) is 1. The minimum Gasteiger partial charge on any atom is -0.376 e. The maximum absolute atomic E-state index is 12.4. The maximum atomic E-state index is 12.4. The number of aromatic nitrogens is 4. The number of nitrogens with one attached hydrogen (secondary N) is 3. The van der Waals surface area contributed by atoms with Gasteiger partial charge in [-0.15, -0.1) is 0 Å². The van der Waals surface area contributed by atoms with Crippen molar-refractivity contribution in [2.24, 2.45) is 7.05 Å². The largest absolute Gasteiger partial charge is 0.376 e. The van der Waals surface area contributed by atoms with E-state index >= 15 is 0 Å². The van der Waals surface area contributed by atoms with E-state index < -0.39 is 0 Å². The van der Waals surface area contributed by atoms with Gasteiger partial charge < -0.3 is 19.9 Å². The number of carbonyl (C=O) groups is 1. The third-order valence-corrected chi connectivity index (χ3v) is 4.88. The summed E-state index contributed by atoms with van der Waals surface area (Å²) in [5.41, 5.74) is 4.76. The Hall–Kier alpha value is -3.13. The second kappa shape index (κ2) is 7.85. The Kier molecular flexibility index (Phi) is 5.12. The van der Waals surface area contributed by atoms with Gasteiger partial charge in [0.1, 0.15) is 5.82 Å². The molecular weight excluding hydrogens is 356 g/mol.